The molecular weight excluding hydrogens is 520 g/mol. The molecule has 2 aliphatic rings. The van der Waals surface area contributed by atoms with Gasteiger partial charge in [0.2, 0.25) is 0 Å². The van der Waals surface area contributed by atoms with Gasteiger partial charge in [-0.25, -0.2) is 13.8 Å². The number of amides is 1. The van der Waals surface area contributed by atoms with Crippen LogP contribution >= 0.6 is 0 Å². The van der Waals surface area contributed by atoms with Crippen molar-refractivity contribution in [2.24, 2.45) is 4.99 Å². The number of aliphatic imine (C=N–C) groups is 1. The van der Waals surface area contributed by atoms with Crippen LogP contribution in [-0.2, 0) is 10.3 Å². The molecule has 2 aromatic heterocycles. The second kappa shape index (κ2) is 11.7. The van der Waals surface area contributed by atoms with Gasteiger partial charge in [0, 0.05) is 30.6 Å². The van der Waals surface area contributed by atoms with Crippen molar-refractivity contribution >= 4 is 11.7 Å². The molecule has 6 rings (SSSR count). The lowest BCUT2D eigenvalue weighted by Gasteiger charge is -2.32. The minimum atomic E-state index is -1.55. The Balaban J connectivity index is 1.26. The van der Waals surface area contributed by atoms with Gasteiger partial charge in [-0.3, -0.25) is 19.7 Å². The van der Waals surface area contributed by atoms with E-state index in [1.165, 1.54) is 24.3 Å². The first-order valence-electron chi connectivity index (χ1n) is 14.0. The molecule has 0 radical (unpaired) electrons. The lowest BCUT2D eigenvalue weighted by Crippen LogP contribution is -2.43. The molecule has 8 heteroatoms. The molecule has 1 atom stereocenters. The van der Waals surface area contributed by atoms with E-state index < -0.39 is 17.2 Å². The fraction of sp³-hybridized carbons (Fsp3) is 0.273. The highest BCUT2D eigenvalue weighted by Gasteiger charge is 2.51. The summed E-state index contributed by atoms with van der Waals surface area (Å²) in [5.74, 6) is -0.300. The molecule has 0 spiro atoms. The smallest absolute Gasteiger partial charge is 0.265 e. The van der Waals surface area contributed by atoms with Gasteiger partial charge >= 0.3 is 0 Å². The average Bonchev–Trinajstić information content (AvgIpc) is 3.31. The molecular formula is C33H31F2N5O. The molecule has 0 N–H and O–H groups in total. The zero-order valence-corrected chi connectivity index (χ0v) is 22.7. The fourth-order valence-corrected chi connectivity index (χ4v) is 5.93. The van der Waals surface area contributed by atoms with Crippen LogP contribution in [0.25, 0.3) is 0 Å². The number of carbonyl (C=O) groups is 1. The lowest BCUT2D eigenvalue weighted by atomic mass is 9.82. The van der Waals surface area contributed by atoms with E-state index in [1.54, 1.807) is 41.4 Å². The van der Waals surface area contributed by atoms with E-state index in [-0.39, 0.29) is 5.91 Å². The minimum absolute atomic E-state index is 0.302. The molecule has 41 heavy (non-hydrogen) atoms. The monoisotopic (exact) mass is 551 g/mol. The first kappa shape index (κ1) is 26.9. The Bertz CT molecular complexity index is 1520. The number of carbonyl (C=O) groups excluding carboxylic acids is 1. The number of amidine groups is 1. The van der Waals surface area contributed by atoms with Crippen molar-refractivity contribution in [3.05, 3.63) is 131 Å². The Morgan fingerprint density at radius 2 is 1.54 bits per heavy atom. The highest BCUT2D eigenvalue weighted by Crippen LogP contribution is 2.41. The van der Waals surface area contributed by atoms with Gasteiger partial charge in [0.05, 0.1) is 0 Å². The zero-order chi connectivity index (χ0) is 28.2. The van der Waals surface area contributed by atoms with Crippen LogP contribution < -0.4 is 0 Å². The van der Waals surface area contributed by atoms with E-state index in [0.29, 0.717) is 35.1 Å². The molecule has 1 amide bonds. The van der Waals surface area contributed by atoms with Crippen LogP contribution in [0.3, 0.4) is 0 Å². The van der Waals surface area contributed by atoms with E-state index in [2.05, 4.69) is 20.9 Å². The maximum absolute atomic E-state index is 14.5. The topological polar surface area (TPSA) is 61.7 Å². The van der Waals surface area contributed by atoms with Crippen molar-refractivity contribution in [3.8, 4) is 0 Å². The molecule has 1 fully saturated rings. The quantitative estimate of drug-likeness (QED) is 0.288. The van der Waals surface area contributed by atoms with Crippen molar-refractivity contribution in [2.75, 3.05) is 26.2 Å². The Hall–Kier alpha value is -4.30. The molecule has 2 aromatic carbocycles. The summed E-state index contributed by atoms with van der Waals surface area (Å²) in [5, 5.41) is 0. The van der Waals surface area contributed by atoms with Gasteiger partial charge in [0.1, 0.15) is 17.3 Å². The van der Waals surface area contributed by atoms with Crippen LogP contribution in [0.5, 0.6) is 0 Å². The van der Waals surface area contributed by atoms with Crippen molar-refractivity contribution in [1.29, 1.82) is 0 Å². The van der Waals surface area contributed by atoms with Crippen LogP contribution in [0.15, 0.2) is 102 Å². The van der Waals surface area contributed by atoms with Crippen molar-refractivity contribution in [2.45, 2.75) is 30.7 Å². The van der Waals surface area contributed by atoms with Gasteiger partial charge in [-0.1, -0.05) is 36.4 Å². The number of hydrogen-bond donors (Lipinski definition) is 0. The molecule has 6 nitrogen and oxygen atoms in total. The van der Waals surface area contributed by atoms with E-state index in [4.69, 9.17) is 4.99 Å². The predicted molar refractivity (Wildman–Crippen MR) is 153 cm³/mol. The van der Waals surface area contributed by atoms with Crippen molar-refractivity contribution < 1.29 is 13.6 Å². The van der Waals surface area contributed by atoms with E-state index in [9.17, 15) is 13.6 Å². The Morgan fingerprint density at radius 3 is 2.22 bits per heavy atom. The number of piperidine rings is 1. The van der Waals surface area contributed by atoms with Crippen molar-refractivity contribution in [3.63, 3.8) is 0 Å². The van der Waals surface area contributed by atoms with Crippen LogP contribution in [0.1, 0.15) is 47.7 Å². The summed E-state index contributed by atoms with van der Waals surface area (Å²) in [4.78, 5) is 32.5. The molecule has 4 aromatic rings. The standard InChI is InChI=1S/C33H31F2N5O/c34-27-13-11-25(12-14-27)33(26-7-5-8-28(35)23-26)32(41)40(31(38-33)30-10-2-4-18-37-30)20-6-19-39-21-15-24(16-22-39)29-9-1-3-17-36-29/h1-5,7-14,17-18,23-24H,6,15-16,19-22H2. The minimum Gasteiger partial charge on any atom is -0.303 e. The third-order valence-electron chi connectivity index (χ3n) is 8.03. The molecule has 208 valence electrons. The summed E-state index contributed by atoms with van der Waals surface area (Å²) < 4.78 is 28.4. The third-order valence-corrected chi connectivity index (χ3v) is 8.03. The molecule has 4 heterocycles. The van der Waals surface area contributed by atoms with E-state index in [0.717, 1.165) is 44.6 Å². The fourth-order valence-electron chi connectivity index (χ4n) is 5.93. The maximum Gasteiger partial charge on any atom is 0.265 e. The van der Waals surface area contributed by atoms with E-state index >= 15 is 0 Å². The molecule has 2 aliphatic heterocycles. The van der Waals surface area contributed by atoms with Crippen LogP contribution in [-0.4, -0.2) is 57.7 Å². The third kappa shape index (κ3) is 5.39. The molecule has 0 saturated carbocycles. The summed E-state index contributed by atoms with van der Waals surface area (Å²) in [7, 11) is 0. The Kier molecular flexibility index (Phi) is 7.65. The van der Waals surface area contributed by atoms with Gasteiger partial charge < -0.3 is 4.90 Å². The highest BCUT2D eigenvalue weighted by molar-refractivity contribution is 6.16. The largest absolute Gasteiger partial charge is 0.303 e. The van der Waals surface area contributed by atoms with Gasteiger partial charge in [-0.05, 0) is 98.6 Å². The summed E-state index contributed by atoms with van der Waals surface area (Å²) in [5.41, 5.74) is 1.02. The van der Waals surface area contributed by atoms with Crippen molar-refractivity contribution in [1.82, 2.24) is 19.8 Å². The summed E-state index contributed by atoms with van der Waals surface area (Å²) >= 11 is 0. The van der Waals surface area contributed by atoms with Gasteiger partial charge in [-0.15, -0.1) is 0 Å². The molecule has 0 bridgehead atoms. The Morgan fingerprint density at radius 1 is 0.780 bits per heavy atom. The highest BCUT2D eigenvalue weighted by atomic mass is 19.1. The van der Waals surface area contributed by atoms with Gasteiger partial charge in [0.25, 0.3) is 5.91 Å². The number of benzene rings is 2. The zero-order valence-electron chi connectivity index (χ0n) is 22.7. The SMILES string of the molecule is O=C1N(CCCN2CCC(c3ccccn3)CC2)C(c2ccccn2)=NC1(c1ccc(F)cc1)c1cccc(F)c1. The van der Waals surface area contributed by atoms with Gasteiger partial charge in [-0.2, -0.15) is 0 Å². The summed E-state index contributed by atoms with van der Waals surface area (Å²) in [6.07, 6.45) is 6.34. The summed E-state index contributed by atoms with van der Waals surface area (Å²) in [6.45, 7) is 3.20. The number of rotatable bonds is 8. The number of halogens is 2. The number of pyridine rings is 2. The molecule has 0 aliphatic carbocycles. The summed E-state index contributed by atoms with van der Waals surface area (Å²) in [6, 6.07) is 23.2. The van der Waals surface area contributed by atoms with E-state index in [1.807, 2.05) is 30.5 Å². The first-order chi connectivity index (χ1) is 20.0. The van der Waals surface area contributed by atoms with Crippen LogP contribution in [0.2, 0.25) is 0 Å². The lowest BCUT2D eigenvalue weighted by molar-refractivity contribution is -0.130. The molecule has 1 unspecified atom stereocenters. The molecule has 1 saturated heterocycles. The maximum atomic E-state index is 14.5. The Labute approximate surface area is 238 Å². The van der Waals surface area contributed by atoms with Crippen LogP contribution in [0, 0.1) is 11.6 Å². The number of nitrogens with zero attached hydrogens (tertiary/aromatic N) is 5. The van der Waals surface area contributed by atoms with Gasteiger partial charge in [0.15, 0.2) is 11.4 Å². The first-order valence-corrected chi connectivity index (χ1v) is 14.0. The number of aromatic nitrogens is 2. The second-order valence-corrected chi connectivity index (χ2v) is 10.6. The predicted octanol–water partition coefficient (Wildman–Crippen LogP) is 5.56. The van der Waals surface area contributed by atoms with Crippen LogP contribution in [0.4, 0.5) is 8.78 Å². The second-order valence-electron chi connectivity index (χ2n) is 10.6. The number of hydrogen-bond acceptors (Lipinski definition) is 5. The normalized spacial score (nSPS) is 19.9. The number of likely N-dealkylation sites (tertiary alicyclic amines) is 1. The average molecular weight is 552 g/mol.